The lowest BCUT2D eigenvalue weighted by Gasteiger charge is -2.14. The average Bonchev–Trinajstić information content (AvgIpc) is 2.38. The minimum Gasteiger partial charge on any atom is -0.496 e. The van der Waals surface area contributed by atoms with E-state index < -0.39 is 5.97 Å². The Morgan fingerprint density at radius 2 is 2.15 bits per heavy atom. The number of rotatable bonds is 7. The first-order chi connectivity index (χ1) is 9.43. The molecule has 0 aromatic heterocycles. The third-order valence-electron chi connectivity index (χ3n) is 2.83. The molecule has 0 aliphatic heterocycles. The summed E-state index contributed by atoms with van der Waals surface area (Å²) in [5.41, 5.74) is 0.625. The summed E-state index contributed by atoms with van der Waals surface area (Å²) >= 11 is 6.05. The van der Waals surface area contributed by atoms with Crippen LogP contribution in [0.5, 0.6) is 5.75 Å². The van der Waals surface area contributed by atoms with Crippen molar-refractivity contribution in [3.8, 4) is 5.75 Å². The van der Waals surface area contributed by atoms with Gasteiger partial charge in [-0.3, -0.25) is 9.59 Å². The fourth-order valence-corrected chi connectivity index (χ4v) is 2.03. The molecular weight excluding hydrogens is 282 g/mol. The number of methoxy groups -OCH3 is 1. The summed E-state index contributed by atoms with van der Waals surface area (Å²) in [6.45, 7) is 1.77. The number of amides is 1. The van der Waals surface area contributed by atoms with E-state index in [0.29, 0.717) is 22.8 Å². The summed E-state index contributed by atoms with van der Waals surface area (Å²) in [6.07, 6.45) is 0.512. The van der Waals surface area contributed by atoms with E-state index in [1.165, 1.54) is 7.11 Å². The fourth-order valence-electron chi connectivity index (χ4n) is 1.80. The van der Waals surface area contributed by atoms with Gasteiger partial charge in [0.1, 0.15) is 5.75 Å². The molecule has 0 radical (unpaired) electrons. The van der Waals surface area contributed by atoms with Crippen LogP contribution in [0.15, 0.2) is 18.2 Å². The predicted octanol–water partition coefficient (Wildman–Crippen LogP) is 2.26. The van der Waals surface area contributed by atoms with Gasteiger partial charge in [-0.1, -0.05) is 17.7 Å². The van der Waals surface area contributed by atoms with Crippen molar-refractivity contribution in [2.24, 2.45) is 0 Å². The number of hydrogen-bond acceptors (Lipinski definition) is 3. The van der Waals surface area contributed by atoms with E-state index in [9.17, 15) is 9.59 Å². The van der Waals surface area contributed by atoms with E-state index in [4.69, 9.17) is 21.4 Å². The number of aliphatic carboxylic acids is 1. The first-order valence-electron chi connectivity index (χ1n) is 6.26. The Morgan fingerprint density at radius 1 is 1.45 bits per heavy atom. The third kappa shape index (κ3) is 5.09. The number of nitrogens with one attached hydrogen (secondary N) is 1. The number of hydrogen-bond donors (Lipinski definition) is 2. The minimum atomic E-state index is -0.876. The molecule has 5 nitrogen and oxygen atoms in total. The van der Waals surface area contributed by atoms with Crippen molar-refractivity contribution in [1.29, 1.82) is 0 Å². The highest BCUT2D eigenvalue weighted by molar-refractivity contribution is 6.31. The van der Waals surface area contributed by atoms with Gasteiger partial charge in [-0.2, -0.15) is 0 Å². The van der Waals surface area contributed by atoms with Crippen LogP contribution < -0.4 is 10.1 Å². The van der Waals surface area contributed by atoms with Crippen LogP contribution in [0.4, 0.5) is 0 Å². The number of carboxylic acid groups (broad SMARTS) is 1. The molecule has 0 fully saturated rings. The Kier molecular flexibility index (Phi) is 6.31. The van der Waals surface area contributed by atoms with Crippen LogP contribution >= 0.6 is 11.6 Å². The van der Waals surface area contributed by atoms with Gasteiger partial charge >= 0.3 is 5.97 Å². The van der Waals surface area contributed by atoms with Gasteiger partial charge in [0.25, 0.3) is 0 Å². The van der Waals surface area contributed by atoms with E-state index >= 15 is 0 Å². The number of carbonyl (C=O) groups excluding carboxylic acids is 1. The van der Waals surface area contributed by atoms with E-state index in [1.807, 2.05) is 0 Å². The van der Waals surface area contributed by atoms with Gasteiger partial charge in [0.15, 0.2) is 0 Å². The Hall–Kier alpha value is -1.75. The number of halogens is 1. The minimum absolute atomic E-state index is 0.0247. The van der Waals surface area contributed by atoms with E-state index in [2.05, 4.69) is 5.32 Å². The van der Waals surface area contributed by atoms with Crippen molar-refractivity contribution in [1.82, 2.24) is 5.32 Å². The zero-order valence-electron chi connectivity index (χ0n) is 11.5. The summed E-state index contributed by atoms with van der Waals surface area (Å²) in [6, 6.07) is 4.98. The van der Waals surface area contributed by atoms with Gasteiger partial charge < -0.3 is 15.2 Å². The summed E-state index contributed by atoms with van der Waals surface area (Å²) in [5.74, 6) is -0.529. The predicted molar refractivity (Wildman–Crippen MR) is 76.2 cm³/mol. The van der Waals surface area contributed by atoms with Crippen molar-refractivity contribution >= 4 is 23.5 Å². The largest absolute Gasteiger partial charge is 0.496 e. The maximum Gasteiger partial charge on any atom is 0.303 e. The van der Waals surface area contributed by atoms with Crippen molar-refractivity contribution < 1.29 is 19.4 Å². The second-order valence-electron chi connectivity index (χ2n) is 4.50. The second kappa shape index (κ2) is 7.75. The van der Waals surface area contributed by atoms with Crippen LogP contribution in [0.3, 0.4) is 0 Å². The first-order valence-corrected chi connectivity index (χ1v) is 6.64. The van der Waals surface area contributed by atoms with Gasteiger partial charge in [-0.25, -0.2) is 0 Å². The first kappa shape index (κ1) is 16.3. The van der Waals surface area contributed by atoms with Gasteiger partial charge in [0, 0.05) is 23.0 Å². The van der Waals surface area contributed by atoms with E-state index in [1.54, 1.807) is 25.1 Å². The highest BCUT2D eigenvalue weighted by Crippen LogP contribution is 2.26. The van der Waals surface area contributed by atoms with Crippen LogP contribution in [0.2, 0.25) is 5.02 Å². The average molecular weight is 300 g/mol. The lowest BCUT2D eigenvalue weighted by Crippen LogP contribution is -2.34. The molecular formula is C14H18ClNO4. The third-order valence-corrected chi connectivity index (χ3v) is 3.19. The second-order valence-corrected chi connectivity index (χ2v) is 4.91. The molecule has 0 aliphatic carbocycles. The number of ether oxygens (including phenoxy) is 1. The smallest absolute Gasteiger partial charge is 0.303 e. The Morgan fingerprint density at radius 3 is 2.75 bits per heavy atom. The summed E-state index contributed by atoms with van der Waals surface area (Å²) < 4.78 is 5.17. The Bertz CT molecular complexity index is 490. The SMILES string of the molecule is COc1cccc(Cl)c1CC(=O)NC(C)CCC(=O)O. The molecule has 1 unspecified atom stereocenters. The standard InChI is InChI=1S/C14H18ClNO4/c1-9(6-7-14(18)19)16-13(17)8-10-11(15)4-3-5-12(10)20-2/h3-5,9H,6-8H2,1-2H3,(H,16,17)(H,18,19). The molecule has 0 spiro atoms. The van der Waals surface area contributed by atoms with E-state index in [0.717, 1.165) is 0 Å². The molecule has 0 saturated heterocycles. The maximum absolute atomic E-state index is 11.9. The van der Waals surface area contributed by atoms with Crippen LogP contribution in [0.25, 0.3) is 0 Å². The fraction of sp³-hybridized carbons (Fsp3) is 0.429. The topological polar surface area (TPSA) is 75.6 Å². The summed E-state index contributed by atoms with van der Waals surface area (Å²) in [4.78, 5) is 22.4. The molecule has 6 heteroatoms. The summed E-state index contributed by atoms with van der Waals surface area (Å²) in [7, 11) is 1.52. The van der Waals surface area contributed by atoms with Crippen molar-refractivity contribution in [3.05, 3.63) is 28.8 Å². The molecule has 0 saturated carbocycles. The molecule has 0 bridgehead atoms. The molecule has 1 aromatic rings. The zero-order chi connectivity index (χ0) is 15.1. The lowest BCUT2D eigenvalue weighted by atomic mass is 10.1. The maximum atomic E-state index is 11.9. The number of benzene rings is 1. The normalized spacial score (nSPS) is 11.8. The van der Waals surface area contributed by atoms with Gasteiger partial charge in [0.05, 0.1) is 13.5 Å². The molecule has 1 rings (SSSR count). The number of carbonyl (C=O) groups is 2. The van der Waals surface area contributed by atoms with Crippen LogP contribution in [0.1, 0.15) is 25.3 Å². The van der Waals surface area contributed by atoms with E-state index in [-0.39, 0.29) is 24.8 Å². The quantitative estimate of drug-likeness (QED) is 0.810. The van der Waals surface area contributed by atoms with Crippen LogP contribution in [0, 0.1) is 0 Å². The Labute approximate surface area is 122 Å². The molecule has 0 heterocycles. The van der Waals surface area contributed by atoms with Crippen molar-refractivity contribution in [2.45, 2.75) is 32.2 Å². The van der Waals surface area contributed by atoms with Crippen LogP contribution in [-0.4, -0.2) is 30.1 Å². The van der Waals surface area contributed by atoms with Gasteiger partial charge in [0.2, 0.25) is 5.91 Å². The molecule has 1 amide bonds. The van der Waals surface area contributed by atoms with Crippen molar-refractivity contribution in [3.63, 3.8) is 0 Å². The zero-order valence-corrected chi connectivity index (χ0v) is 12.2. The molecule has 1 aromatic carbocycles. The van der Waals surface area contributed by atoms with Gasteiger partial charge in [-0.15, -0.1) is 0 Å². The van der Waals surface area contributed by atoms with Gasteiger partial charge in [-0.05, 0) is 25.5 Å². The van der Waals surface area contributed by atoms with Crippen LogP contribution in [-0.2, 0) is 16.0 Å². The molecule has 1 atom stereocenters. The van der Waals surface area contributed by atoms with Crippen molar-refractivity contribution in [2.75, 3.05) is 7.11 Å². The molecule has 110 valence electrons. The monoisotopic (exact) mass is 299 g/mol. The molecule has 20 heavy (non-hydrogen) atoms. The number of carboxylic acids is 1. The molecule has 0 aliphatic rings. The highest BCUT2D eigenvalue weighted by Gasteiger charge is 2.14. The highest BCUT2D eigenvalue weighted by atomic mass is 35.5. The summed E-state index contributed by atoms with van der Waals surface area (Å²) in [5, 5.41) is 11.8. The Balaban J connectivity index is 2.60. The molecule has 2 N–H and O–H groups in total. The lowest BCUT2D eigenvalue weighted by molar-refractivity contribution is -0.137.